The number of hydrogen-bond acceptors (Lipinski definition) is 6. The van der Waals surface area contributed by atoms with E-state index in [0.29, 0.717) is 0 Å². The highest BCUT2D eigenvalue weighted by atomic mass is 32.2. The Labute approximate surface area is 125 Å². The fraction of sp³-hybridized carbons (Fsp3) is 0.250. The van der Waals surface area contributed by atoms with E-state index in [0.717, 1.165) is 21.6 Å². The summed E-state index contributed by atoms with van der Waals surface area (Å²) in [6, 6.07) is 4.94. The molecule has 0 aliphatic carbocycles. The first-order valence-corrected chi connectivity index (χ1v) is 8.26. The predicted molar refractivity (Wildman–Crippen MR) is 78.7 cm³/mol. The minimum atomic E-state index is -3.80. The molecule has 0 aliphatic rings. The number of rotatable bonds is 5. The molecule has 9 heteroatoms. The summed E-state index contributed by atoms with van der Waals surface area (Å²) < 4.78 is 26.7. The molecule has 112 valence electrons. The fourth-order valence-corrected chi connectivity index (χ4v) is 3.75. The molecule has 2 rings (SSSR count). The Morgan fingerprint density at radius 3 is 2.67 bits per heavy atom. The van der Waals surface area contributed by atoms with E-state index in [1.807, 2.05) is 6.92 Å². The number of nitro groups is 1. The van der Waals surface area contributed by atoms with Gasteiger partial charge in [-0.15, -0.1) is 11.3 Å². The van der Waals surface area contributed by atoms with Crippen LogP contribution in [0.5, 0.6) is 0 Å². The third-order valence-corrected chi connectivity index (χ3v) is 5.23. The van der Waals surface area contributed by atoms with Gasteiger partial charge in [-0.2, -0.15) is 0 Å². The van der Waals surface area contributed by atoms with Gasteiger partial charge >= 0.3 is 0 Å². The van der Waals surface area contributed by atoms with Crippen LogP contribution in [0.2, 0.25) is 0 Å². The molecule has 1 aromatic carbocycles. The summed E-state index contributed by atoms with van der Waals surface area (Å²) in [6.45, 7) is 3.76. The molecule has 0 saturated heterocycles. The summed E-state index contributed by atoms with van der Waals surface area (Å²) in [5, 5.41) is 11.5. The van der Waals surface area contributed by atoms with Gasteiger partial charge in [-0.3, -0.25) is 10.1 Å². The number of aryl methyl sites for hydroxylation is 2. The fourth-order valence-electron chi connectivity index (χ4n) is 1.75. The number of aromatic nitrogens is 1. The van der Waals surface area contributed by atoms with E-state index in [4.69, 9.17) is 0 Å². The van der Waals surface area contributed by atoms with Gasteiger partial charge in [-0.1, -0.05) is 6.07 Å². The van der Waals surface area contributed by atoms with Crippen LogP contribution in [0.1, 0.15) is 15.6 Å². The highest BCUT2D eigenvalue weighted by molar-refractivity contribution is 7.89. The van der Waals surface area contributed by atoms with Gasteiger partial charge in [0.15, 0.2) is 0 Å². The Bertz CT molecular complexity index is 784. The lowest BCUT2D eigenvalue weighted by molar-refractivity contribution is -0.385. The number of nitrogens with zero attached hydrogens (tertiary/aromatic N) is 2. The average Bonchev–Trinajstić information content (AvgIpc) is 2.75. The Balaban J connectivity index is 2.20. The molecule has 1 N–H and O–H groups in total. The smallest absolute Gasteiger partial charge is 0.258 e. The van der Waals surface area contributed by atoms with E-state index in [2.05, 4.69) is 9.71 Å². The van der Waals surface area contributed by atoms with Gasteiger partial charge in [-0.25, -0.2) is 18.1 Å². The zero-order valence-electron chi connectivity index (χ0n) is 11.4. The van der Waals surface area contributed by atoms with E-state index in [-0.39, 0.29) is 17.1 Å². The zero-order chi connectivity index (χ0) is 15.6. The van der Waals surface area contributed by atoms with Crippen LogP contribution in [0.3, 0.4) is 0 Å². The predicted octanol–water partition coefficient (Wildman–Crippen LogP) is 2.15. The summed E-state index contributed by atoms with van der Waals surface area (Å²) in [6.07, 6.45) is 0. The lowest BCUT2D eigenvalue weighted by Crippen LogP contribution is -2.23. The van der Waals surface area contributed by atoms with E-state index in [1.165, 1.54) is 29.5 Å². The first-order valence-electron chi connectivity index (χ1n) is 5.96. The standard InChI is InChI=1S/C12H13N3O4S2/c1-8-12(20-9(2)14-8)7-13-21(18,19)11-5-3-4-10(6-11)15(16)17/h3-6,13H,7H2,1-2H3. The molecule has 1 aromatic heterocycles. The molecule has 0 atom stereocenters. The van der Waals surface area contributed by atoms with E-state index in [9.17, 15) is 18.5 Å². The molecule has 21 heavy (non-hydrogen) atoms. The number of hydrogen-bond donors (Lipinski definition) is 1. The molecule has 0 bridgehead atoms. The van der Waals surface area contributed by atoms with Crippen LogP contribution in [0.15, 0.2) is 29.2 Å². The lowest BCUT2D eigenvalue weighted by atomic mass is 10.3. The van der Waals surface area contributed by atoms with Crippen LogP contribution in [0.4, 0.5) is 5.69 Å². The van der Waals surface area contributed by atoms with Crippen LogP contribution in [-0.2, 0) is 16.6 Å². The molecular formula is C12H13N3O4S2. The number of non-ortho nitro benzene ring substituents is 1. The molecule has 0 amide bonds. The Kier molecular flexibility index (Phi) is 4.35. The van der Waals surface area contributed by atoms with Crippen molar-refractivity contribution in [1.82, 2.24) is 9.71 Å². The Morgan fingerprint density at radius 2 is 2.10 bits per heavy atom. The summed E-state index contributed by atoms with van der Waals surface area (Å²) in [4.78, 5) is 15.0. The van der Waals surface area contributed by atoms with Crippen molar-refractivity contribution >= 4 is 27.0 Å². The summed E-state index contributed by atoms with van der Waals surface area (Å²) >= 11 is 1.41. The van der Waals surface area contributed by atoms with E-state index >= 15 is 0 Å². The quantitative estimate of drug-likeness (QED) is 0.669. The largest absolute Gasteiger partial charge is 0.270 e. The van der Waals surface area contributed by atoms with Crippen LogP contribution in [0.25, 0.3) is 0 Å². The number of thiazole rings is 1. The van der Waals surface area contributed by atoms with Crippen molar-refractivity contribution in [3.8, 4) is 0 Å². The second-order valence-electron chi connectivity index (χ2n) is 4.32. The van der Waals surface area contributed by atoms with Gasteiger partial charge in [0.1, 0.15) is 0 Å². The van der Waals surface area contributed by atoms with Gasteiger partial charge in [0.2, 0.25) is 10.0 Å². The first-order chi connectivity index (χ1) is 9.79. The van der Waals surface area contributed by atoms with Crippen molar-refractivity contribution in [2.24, 2.45) is 0 Å². The van der Waals surface area contributed by atoms with Gasteiger partial charge < -0.3 is 0 Å². The third-order valence-electron chi connectivity index (χ3n) is 2.76. The van der Waals surface area contributed by atoms with Crippen LogP contribution < -0.4 is 4.72 Å². The highest BCUT2D eigenvalue weighted by Crippen LogP contribution is 2.20. The number of nitrogens with one attached hydrogen (secondary N) is 1. The molecule has 0 radical (unpaired) electrons. The van der Waals surface area contributed by atoms with Crippen molar-refractivity contribution in [3.05, 3.63) is 50.0 Å². The van der Waals surface area contributed by atoms with Gasteiger partial charge in [0.25, 0.3) is 5.69 Å². The second kappa shape index (κ2) is 5.88. The average molecular weight is 327 g/mol. The maximum Gasteiger partial charge on any atom is 0.270 e. The minimum Gasteiger partial charge on any atom is -0.258 e. The van der Waals surface area contributed by atoms with Crippen molar-refractivity contribution < 1.29 is 13.3 Å². The van der Waals surface area contributed by atoms with Crippen LogP contribution in [-0.4, -0.2) is 18.3 Å². The van der Waals surface area contributed by atoms with Gasteiger partial charge in [0.05, 0.1) is 20.5 Å². The molecular weight excluding hydrogens is 314 g/mol. The summed E-state index contributed by atoms with van der Waals surface area (Å²) in [5.74, 6) is 0. The van der Waals surface area contributed by atoms with E-state index in [1.54, 1.807) is 6.92 Å². The van der Waals surface area contributed by atoms with Crippen molar-refractivity contribution in [2.45, 2.75) is 25.3 Å². The molecule has 0 aliphatic heterocycles. The van der Waals surface area contributed by atoms with Crippen LogP contribution >= 0.6 is 11.3 Å². The molecule has 7 nitrogen and oxygen atoms in total. The normalized spacial score (nSPS) is 11.5. The maximum absolute atomic E-state index is 12.1. The topological polar surface area (TPSA) is 102 Å². The first kappa shape index (κ1) is 15.5. The summed E-state index contributed by atoms with van der Waals surface area (Å²) in [7, 11) is -3.80. The molecule has 2 aromatic rings. The highest BCUT2D eigenvalue weighted by Gasteiger charge is 2.18. The van der Waals surface area contributed by atoms with E-state index < -0.39 is 14.9 Å². The maximum atomic E-state index is 12.1. The third kappa shape index (κ3) is 3.63. The lowest BCUT2D eigenvalue weighted by Gasteiger charge is -2.05. The molecule has 0 spiro atoms. The van der Waals surface area contributed by atoms with Crippen molar-refractivity contribution in [3.63, 3.8) is 0 Å². The zero-order valence-corrected chi connectivity index (χ0v) is 13.0. The number of sulfonamides is 1. The molecule has 1 heterocycles. The van der Waals surface area contributed by atoms with Crippen molar-refractivity contribution in [2.75, 3.05) is 0 Å². The molecule has 0 fully saturated rings. The summed E-state index contributed by atoms with van der Waals surface area (Å²) in [5.41, 5.74) is 0.516. The van der Waals surface area contributed by atoms with Crippen LogP contribution in [0, 0.1) is 24.0 Å². The van der Waals surface area contributed by atoms with Crippen molar-refractivity contribution in [1.29, 1.82) is 0 Å². The number of nitro benzene ring substituents is 1. The number of benzene rings is 1. The Hall–Kier alpha value is -1.84. The monoisotopic (exact) mass is 327 g/mol. The molecule has 0 saturated carbocycles. The Morgan fingerprint density at radius 1 is 1.38 bits per heavy atom. The minimum absolute atomic E-state index is 0.113. The van der Waals surface area contributed by atoms with Gasteiger partial charge in [-0.05, 0) is 19.9 Å². The van der Waals surface area contributed by atoms with Gasteiger partial charge in [0, 0.05) is 23.6 Å². The molecule has 0 unspecified atom stereocenters. The SMILES string of the molecule is Cc1nc(C)c(CNS(=O)(=O)c2cccc([N+](=O)[O-])c2)s1. The second-order valence-corrected chi connectivity index (χ2v) is 7.38.